The first-order chi connectivity index (χ1) is 14.5. The predicted molar refractivity (Wildman–Crippen MR) is 145 cm³/mol. The summed E-state index contributed by atoms with van der Waals surface area (Å²) in [6.45, 7) is 0. The van der Waals surface area contributed by atoms with Gasteiger partial charge in [-0.05, 0) is 80.2 Å². The maximum Gasteiger partial charge on any atom is 0.205 e. The fourth-order valence-electron chi connectivity index (χ4n) is 4.08. The molecule has 0 amide bonds. The minimum atomic E-state index is -0.0583. The quantitative estimate of drug-likeness (QED) is 0.165. The first kappa shape index (κ1) is 19.1. The molecule has 0 N–H and O–H groups in total. The molecule has 144 valence electrons. The lowest BCUT2D eigenvalue weighted by Crippen LogP contribution is -2.08. The van der Waals surface area contributed by atoms with Crippen LogP contribution in [0.3, 0.4) is 0 Å². The van der Waals surface area contributed by atoms with Crippen LogP contribution in [0, 0.1) is 16.2 Å². The molecule has 0 atom stereocenters. The van der Waals surface area contributed by atoms with E-state index in [1.807, 2.05) is 24.3 Å². The average molecular weight is 648 g/mol. The van der Waals surface area contributed by atoms with E-state index in [0.29, 0.717) is 19.8 Å². The summed E-state index contributed by atoms with van der Waals surface area (Å²) in [5.74, 6) is 0. The van der Waals surface area contributed by atoms with Crippen LogP contribution in [-0.2, 0) is 0 Å². The first-order valence-electron chi connectivity index (χ1n) is 9.16. The third-order valence-electron chi connectivity index (χ3n) is 5.43. The van der Waals surface area contributed by atoms with E-state index in [0.717, 1.165) is 38.1 Å². The molecule has 6 rings (SSSR count). The molecule has 0 bridgehead atoms. The van der Waals surface area contributed by atoms with E-state index >= 15 is 0 Å². The Labute approximate surface area is 205 Å². The Morgan fingerprint density at radius 2 is 0.933 bits per heavy atom. The van der Waals surface area contributed by atoms with Gasteiger partial charge in [0.15, 0.2) is 0 Å². The van der Waals surface area contributed by atoms with Gasteiger partial charge < -0.3 is 0 Å². The molecule has 0 aliphatic carbocycles. The van der Waals surface area contributed by atoms with E-state index in [4.69, 9.17) is 0 Å². The fourth-order valence-corrected chi connectivity index (χ4v) is 7.72. The minimum absolute atomic E-state index is 0.0583. The summed E-state index contributed by atoms with van der Waals surface area (Å²) in [6, 6.07) is 20.0. The molecule has 0 radical (unpaired) electrons. The summed E-state index contributed by atoms with van der Waals surface area (Å²) >= 11 is 7.47. The molecule has 6 aromatic rings. The van der Waals surface area contributed by atoms with Gasteiger partial charge in [-0.25, -0.2) is 0 Å². The lowest BCUT2D eigenvalue weighted by Gasteiger charge is -2.07. The molecular weight excluding hydrogens is 638 g/mol. The molecule has 0 aliphatic heterocycles. The van der Waals surface area contributed by atoms with Crippen LogP contribution in [0.15, 0.2) is 70.3 Å². The van der Waals surface area contributed by atoms with Crippen LogP contribution in [0.2, 0.25) is 0 Å². The molecule has 2 heterocycles. The van der Waals surface area contributed by atoms with Crippen molar-refractivity contribution in [1.29, 1.82) is 0 Å². The normalized spacial score (nSPS) is 13.1. The zero-order valence-corrected chi connectivity index (χ0v) is 21.1. The summed E-state index contributed by atoms with van der Waals surface area (Å²) in [7, 11) is 0. The topological polar surface area (TPSA) is 34.1 Å². The highest BCUT2D eigenvalue weighted by molar-refractivity contribution is 14.1. The van der Waals surface area contributed by atoms with Gasteiger partial charge in [-0.15, -0.1) is 22.7 Å². The summed E-state index contributed by atoms with van der Waals surface area (Å²) in [5.41, 5.74) is -0.117. The van der Waals surface area contributed by atoms with Crippen molar-refractivity contribution in [2.45, 2.75) is 0 Å². The van der Waals surface area contributed by atoms with Gasteiger partial charge in [-0.2, -0.15) is 0 Å². The van der Waals surface area contributed by atoms with Crippen LogP contribution in [0.1, 0.15) is 0 Å². The summed E-state index contributed by atoms with van der Waals surface area (Å²) in [4.78, 5) is 27.0. The molecule has 30 heavy (non-hydrogen) atoms. The third-order valence-corrected chi connectivity index (χ3v) is 9.75. The second-order valence-corrected chi connectivity index (χ2v) is 11.5. The van der Waals surface area contributed by atoms with Crippen molar-refractivity contribution in [2.24, 2.45) is 0 Å². The molecule has 0 aliphatic rings. The number of rotatable bonds is 0. The molecule has 2 aromatic heterocycles. The summed E-state index contributed by atoms with van der Waals surface area (Å²) in [5, 5.41) is 5.53. The standard InChI is InChI=1S/C24H10I2O2S2/c25-15-7-9-17-19-11(15)3-1-5-13(19)21(27)23(29-17)24-22(28)14-6-2-4-12-16(26)8-10-18(30-24)20(12)14/h1-10H/b24-23+. The molecule has 0 saturated carbocycles. The number of hydrogen-bond acceptors (Lipinski definition) is 4. The Morgan fingerprint density at radius 1 is 0.533 bits per heavy atom. The van der Waals surface area contributed by atoms with Crippen LogP contribution in [0.5, 0.6) is 0 Å². The highest BCUT2D eigenvalue weighted by Gasteiger charge is 2.14. The second kappa shape index (κ2) is 6.94. The van der Waals surface area contributed by atoms with E-state index in [2.05, 4.69) is 81.6 Å². The molecule has 4 aromatic carbocycles. The zero-order chi connectivity index (χ0) is 20.6. The Hall–Kier alpha value is -1.62. The third kappa shape index (κ3) is 2.63. The van der Waals surface area contributed by atoms with Gasteiger partial charge in [0, 0.05) is 38.1 Å². The van der Waals surface area contributed by atoms with E-state index < -0.39 is 0 Å². The van der Waals surface area contributed by atoms with Crippen molar-refractivity contribution in [3.8, 4) is 0 Å². The molecule has 0 unspecified atom stereocenters. The monoisotopic (exact) mass is 648 g/mol. The Kier molecular flexibility index (Phi) is 4.42. The highest BCUT2D eigenvalue weighted by Crippen LogP contribution is 2.33. The van der Waals surface area contributed by atoms with Crippen molar-refractivity contribution in [3.05, 3.63) is 97.3 Å². The lowest BCUT2D eigenvalue weighted by atomic mass is 10.1. The van der Waals surface area contributed by atoms with Crippen LogP contribution >= 0.6 is 67.9 Å². The zero-order valence-electron chi connectivity index (χ0n) is 15.2. The van der Waals surface area contributed by atoms with Gasteiger partial charge in [-0.3, -0.25) is 9.59 Å². The molecule has 6 heteroatoms. The van der Waals surface area contributed by atoms with Gasteiger partial charge in [0.2, 0.25) is 10.9 Å². The van der Waals surface area contributed by atoms with Gasteiger partial charge in [0.25, 0.3) is 0 Å². The molecule has 0 fully saturated rings. The Morgan fingerprint density at radius 3 is 1.37 bits per heavy atom. The fraction of sp³-hybridized carbons (Fsp3) is 0. The van der Waals surface area contributed by atoms with Crippen molar-refractivity contribution >= 4 is 110 Å². The number of hydrogen-bond donors (Lipinski definition) is 0. The van der Waals surface area contributed by atoms with Gasteiger partial charge in [-0.1, -0.05) is 36.4 Å². The van der Waals surface area contributed by atoms with Crippen LogP contribution in [-0.4, -0.2) is 0 Å². The molecule has 2 nitrogen and oxygen atoms in total. The molecule has 0 spiro atoms. The lowest BCUT2D eigenvalue weighted by molar-refractivity contribution is 1.59. The molecule has 0 saturated heterocycles. The van der Waals surface area contributed by atoms with E-state index in [9.17, 15) is 9.59 Å². The van der Waals surface area contributed by atoms with E-state index in [1.165, 1.54) is 22.7 Å². The van der Waals surface area contributed by atoms with E-state index in [1.54, 1.807) is 0 Å². The Balaban J connectivity index is 1.95. The maximum absolute atomic E-state index is 13.5. The van der Waals surface area contributed by atoms with Crippen LogP contribution in [0.4, 0.5) is 0 Å². The largest absolute Gasteiger partial charge is 0.288 e. The first-order valence-corrected chi connectivity index (χ1v) is 13.0. The average Bonchev–Trinajstić information content (AvgIpc) is 2.77. The van der Waals surface area contributed by atoms with Crippen molar-refractivity contribution in [2.75, 3.05) is 0 Å². The molecular formula is C24H10I2O2S2. The van der Waals surface area contributed by atoms with Crippen LogP contribution < -0.4 is 10.9 Å². The van der Waals surface area contributed by atoms with Gasteiger partial charge in [0.05, 0.1) is 9.06 Å². The predicted octanol–water partition coefficient (Wildman–Crippen LogP) is 7.08. The van der Waals surface area contributed by atoms with E-state index in [-0.39, 0.29) is 10.9 Å². The summed E-state index contributed by atoms with van der Waals surface area (Å²) < 4.78 is 5.37. The maximum atomic E-state index is 13.5. The van der Waals surface area contributed by atoms with Crippen molar-refractivity contribution in [3.63, 3.8) is 0 Å². The van der Waals surface area contributed by atoms with Crippen molar-refractivity contribution < 1.29 is 0 Å². The highest BCUT2D eigenvalue weighted by atomic mass is 127. The van der Waals surface area contributed by atoms with Gasteiger partial charge >= 0.3 is 0 Å². The van der Waals surface area contributed by atoms with Gasteiger partial charge in [0.1, 0.15) is 0 Å². The summed E-state index contributed by atoms with van der Waals surface area (Å²) in [6.07, 6.45) is 0. The minimum Gasteiger partial charge on any atom is -0.288 e. The number of halogens is 2. The van der Waals surface area contributed by atoms with Crippen LogP contribution in [0.25, 0.3) is 41.7 Å². The number of benzene rings is 4. The SMILES string of the molecule is O=c1/c(=c2\sc3ccc(I)c4cccc(c2=O)c34)sc2ccc(I)c3cccc1c23. The second-order valence-electron chi connectivity index (χ2n) is 7.07. The van der Waals surface area contributed by atoms with Crippen molar-refractivity contribution in [1.82, 2.24) is 0 Å². The smallest absolute Gasteiger partial charge is 0.205 e. The Bertz CT molecular complexity index is 1730.